The van der Waals surface area contributed by atoms with Gasteiger partial charge in [-0.1, -0.05) is 42.5 Å². The molecular weight excluding hydrogens is 238 g/mol. The minimum Gasteiger partial charge on any atom is -0.330 e. The molecule has 0 bridgehead atoms. The molecule has 0 fully saturated rings. The van der Waals surface area contributed by atoms with E-state index in [2.05, 4.69) is 53.9 Å². The fourth-order valence-corrected chi connectivity index (χ4v) is 3.23. The highest BCUT2D eigenvalue weighted by Gasteiger charge is 2.15. The molecule has 0 amide bonds. The molecule has 0 spiro atoms. The van der Waals surface area contributed by atoms with Crippen molar-refractivity contribution in [2.75, 3.05) is 6.54 Å². The van der Waals surface area contributed by atoms with Crippen LogP contribution in [-0.4, -0.2) is 6.54 Å². The monoisotopic (exact) mass is 253 g/mol. The van der Waals surface area contributed by atoms with Gasteiger partial charge in [-0.2, -0.15) is 0 Å². The van der Waals surface area contributed by atoms with E-state index in [1.807, 2.05) is 0 Å². The second-order valence-corrected chi connectivity index (χ2v) is 5.24. The molecule has 1 aliphatic rings. The molecule has 2 aromatic rings. The zero-order chi connectivity index (χ0) is 12.4. The van der Waals surface area contributed by atoms with Gasteiger partial charge in [-0.05, 0) is 46.7 Å². The lowest BCUT2D eigenvalue weighted by Crippen LogP contribution is -1.97. The summed E-state index contributed by atoms with van der Waals surface area (Å²) >= 11 is 1.80. The van der Waals surface area contributed by atoms with Crippen LogP contribution in [-0.2, 0) is 0 Å². The van der Waals surface area contributed by atoms with Gasteiger partial charge in [0.2, 0.25) is 0 Å². The highest BCUT2D eigenvalue weighted by Crippen LogP contribution is 2.36. The van der Waals surface area contributed by atoms with Gasteiger partial charge in [0.1, 0.15) is 0 Å². The van der Waals surface area contributed by atoms with E-state index in [-0.39, 0.29) is 0 Å². The summed E-state index contributed by atoms with van der Waals surface area (Å²) in [4.78, 5) is 1.35. The van der Waals surface area contributed by atoms with Crippen LogP contribution in [0.15, 0.2) is 41.8 Å². The Morgan fingerprint density at radius 1 is 1.06 bits per heavy atom. The summed E-state index contributed by atoms with van der Waals surface area (Å²) in [5, 5.41) is 2.15. The van der Waals surface area contributed by atoms with Gasteiger partial charge in [0.25, 0.3) is 0 Å². The summed E-state index contributed by atoms with van der Waals surface area (Å²) < 4.78 is 0. The van der Waals surface area contributed by atoms with Crippen LogP contribution < -0.4 is 5.73 Å². The third-order valence-electron chi connectivity index (χ3n) is 3.15. The smallest absolute Gasteiger partial charge is 0.0418 e. The Labute approximate surface area is 111 Å². The predicted octanol–water partition coefficient (Wildman–Crippen LogP) is 4.01. The SMILES string of the molecule is NCCC=C1c2ccccc2C=Cc2ccsc21. The number of benzene rings is 1. The van der Waals surface area contributed by atoms with Crippen LogP contribution in [0.1, 0.15) is 28.0 Å². The normalized spacial score (nSPS) is 15.3. The van der Waals surface area contributed by atoms with E-state index in [0.29, 0.717) is 6.54 Å². The molecule has 1 heterocycles. The fourth-order valence-electron chi connectivity index (χ4n) is 2.29. The van der Waals surface area contributed by atoms with Crippen molar-refractivity contribution < 1.29 is 0 Å². The van der Waals surface area contributed by atoms with Gasteiger partial charge in [0, 0.05) is 4.88 Å². The fraction of sp³-hybridized carbons (Fsp3) is 0.125. The maximum Gasteiger partial charge on any atom is 0.0418 e. The molecule has 2 N–H and O–H groups in total. The van der Waals surface area contributed by atoms with E-state index in [1.54, 1.807) is 11.3 Å². The predicted molar refractivity (Wildman–Crippen MR) is 80.4 cm³/mol. The molecule has 3 rings (SSSR count). The van der Waals surface area contributed by atoms with Crippen LogP contribution in [0.2, 0.25) is 0 Å². The molecule has 18 heavy (non-hydrogen) atoms. The highest BCUT2D eigenvalue weighted by molar-refractivity contribution is 7.11. The van der Waals surface area contributed by atoms with Gasteiger partial charge in [-0.25, -0.2) is 0 Å². The number of fused-ring (bicyclic) bond motifs is 2. The van der Waals surface area contributed by atoms with E-state index in [0.717, 1.165) is 6.42 Å². The van der Waals surface area contributed by atoms with Gasteiger partial charge >= 0.3 is 0 Å². The van der Waals surface area contributed by atoms with Crippen LogP contribution in [0.4, 0.5) is 0 Å². The summed E-state index contributed by atoms with van der Waals surface area (Å²) in [5.74, 6) is 0. The van der Waals surface area contributed by atoms with Gasteiger partial charge in [-0.3, -0.25) is 0 Å². The summed E-state index contributed by atoms with van der Waals surface area (Å²) in [5.41, 5.74) is 10.9. The highest BCUT2D eigenvalue weighted by atomic mass is 32.1. The molecule has 0 unspecified atom stereocenters. The van der Waals surface area contributed by atoms with Crippen molar-refractivity contribution in [1.82, 2.24) is 0 Å². The molecule has 0 saturated carbocycles. The molecule has 0 atom stereocenters. The minimum absolute atomic E-state index is 0.694. The largest absolute Gasteiger partial charge is 0.330 e. The Hall–Kier alpha value is -1.64. The summed E-state index contributed by atoms with van der Waals surface area (Å²) in [6, 6.07) is 10.7. The van der Waals surface area contributed by atoms with Crippen LogP contribution in [0.25, 0.3) is 17.7 Å². The lowest BCUT2D eigenvalue weighted by molar-refractivity contribution is 1.01. The number of hydrogen-bond donors (Lipinski definition) is 1. The maximum atomic E-state index is 5.64. The number of rotatable bonds is 2. The summed E-state index contributed by atoms with van der Waals surface area (Å²) in [7, 11) is 0. The standard InChI is InChI=1S/C16H15NS/c17-10-3-6-15-14-5-2-1-4-12(14)7-8-13-9-11-18-16(13)15/h1-2,4-9,11H,3,10,17H2. The summed E-state index contributed by atoms with van der Waals surface area (Å²) in [6.07, 6.45) is 7.58. The van der Waals surface area contributed by atoms with E-state index >= 15 is 0 Å². The van der Waals surface area contributed by atoms with Crippen molar-refractivity contribution >= 4 is 29.1 Å². The van der Waals surface area contributed by atoms with Gasteiger partial charge < -0.3 is 5.73 Å². The zero-order valence-corrected chi connectivity index (χ0v) is 10.9. The Kier molecular flexibility index (Phi) is 3.13. The Morgan fingerprint density at radius 3 is 2.78 bits per heavy atom. The lowest BCUT2D eigenvalue weighted by Gasteiger charge is -2.08. The number of nitrogens with two attached hydrogens (primary N) is 1. The van der Waals surface area contributed by atoms with Crippen molar-refractivity contribution in [1.29, 1.82) is 0 Å². The quantitative estimate of drug-likeness (QED) is 0.733. The van der Waals surface area contributed by atoms with Crippen molar-refractivity contribution in [3.05, 3.63) is 63.4 Å². The topological polar surface area (TPSA) is 26.0 Å². The van der Waals surface area contributed by atoms with Crippen molar-refractivity contribution in [2.45, 2.75) is 6.42 Å². The van der Waals surface area contributed by atoms with Crippen LogP contribution in [0, 0.1) is 0 Å². The van der Waals surface area contributed by atoms with Crippen molar-refractivity contribution in [3.8, 4) is 0 Å². The first-order chi connectivity index (χ1) is 8.90. The molecule has 2 heteroatoms. The number of hydrogen-bond acceptors (Lipinski definition) is 2. The number of thiophene rings is 1. The van der Waals surface area contributed by atoms with E-state index in [1.165, 1.54) is 27.1 Å². The van der Waals surface area contributed by atoms with Gasteiger partial charge in [-0.15, -0.1) is 11.3 Å². The van der Waals surface area contributed by atoms with Crippen LogP contribution in [0.3, 0.4) is 0 Å². The molecule has 1 nitrogen and oxygen atoms in total. The first kappa shape index (κ1) is 11.5. The second-order valence-electron chi connectivity index (χ2n) is 4.32. The first-order valence-corrected chi connectivity index (χ1v) is 7.03. The average Bonchev–Trinajstić information content (AvgIpc) is 2.81. The molecule has 0 aliphatic heterocycles. The van der Waals surface area contributed by atoms with Gasteiger partial charge in [0.15, 0.2) is 0 Å². The van der Waals surface area contributed by atoms with Crippen molar-refractivity contribution in [3.63, 3.8) is 0 Å². The van der Waals surface area contributed by atoms with E-state index in [4.69, 9.17) is 5.73 Å². The van der Waals surface area contributed by atoms with E-state index in [9.17, 15) is 0 Å². The van der Waals surface area contributed by atoms with Crippen LogP contribution >= 0.6 is 11.3 Å². The van der Waals surface area contributed by atoms with Gasteiger partial charge in [0.05, 0.1) is 0 Å². The molecule has 1 aromatic heterocycles. The first-order valence-electron chi connectivity index (χ1n) is 6.16. The third kappa shape index (κ3) is 1.94. The third-order valence-corrected chi connectivity index (χ3v) is 4.11. The Balaban J connectivity index is 2.22. The van der Waals surface area contributed by atoms with Crippen molar-refractivity contribution in [2.24, 2.45) is 5.73 Å². The summed E-state index contributed by atoms with van der Waals surface area (Å²) in [6.45, 7) is 0.694. The lowest BCUT2D eigenvalue weighted by atomic mass is 9.98. The zero-order valence-electron chi connectivity index (χ0n) is 10.1. The molecule has 90 valence electrons. The van der Waals surface area contributed by atoms with Crippen LogP contribution in [0.5, 0.6) is 0 Å². The molecule has 0 saturated heterocycles. The average molecular weight is 253 g/mol. The second kappa shape index (κ2) is 4.92. The minimum atomic E-state index is 0.694. The molecule has 1 aromatic carbocycles. The molecular formula is C16H15NS. The Morgan fingerprint density at radius 2 is 1.89 bits per heavy atom. The Bertz CT molecular complexity index is 620. The van der Waals surface area contributed by atoms with E-state index < -0.39 is 0 Å². The molecule has 0 radical (unpaired) electrons. The maximum absolute atomic E-state index is 5.64. The molecule has 1 aliphatic carbocycles.